The Morgan fingerprint density at radius 1 is 1.00 bits per heavy atom. The Morgan fingerprint density at radius 2 is 1.74 bits per heavy atom. The number of aryl methyl sites for hydroxylation is 1. The van der Waals surface area contributed by atoms with E-state index < -0.39 is 18.5 Å². The minimum atomic E-state index is -0.657. The molecule has 0 spiro atoms. The molecule has 0 bridgehead atoms. The lowest BCUT2D eigenvalue weighted by Gasteiger charge is -2.11. The van der Waals surface area contributed by atoms with Gasteiger partial charge in [-0.3, -0.25) is 4.79 Å². The molecular formula is C21H25NO5. The van der Waals surface area contributed by atoms with Crippen LogP contribution in [-0.2, 0) is 16.0 Å². The zero-order chi connectivity index (χ0) is 19.6. The number of benzene rings is 2. The molecule has 0 radical (unpaired) electrons. The summed E-state index contributed by atoms with van der Waals surface area (Å²) in [5, 5.41) is 2.71. The molecule has 0 heterocycles. The Morgan fingerprint density at radius 3 is 2.37 bits per heavy atom. The number of carbonyl (C=O) groups excluding carboxylic acids is 2. The number of methoxy groups -OCH3 is 2. The van der Waals surface area contributed by atoms with Crippen LogP contribution in [0.1, 0.15) is 35.7 Å². The van der Waals surface area contributed by atoms with Crippen LogP contribution in [0.5, 0.6) is 11.5 Å². The van der Waals surface area contributed by atoms with Crippen LogP contribution in [0.3, 0.4) is 0 Å². The number of carbonyl (C=O) groups is 2. The van der Waals surface area contributed by atoms with Crippen molar-refractivity contribution in [3.8, 4) is 11.5 Å². The molecule has 27 heavy (non-hydrogen) atoms. The number of ether oxygens (including phenoxy) is 3. The summed E-state index contributed by atoms with van der Waals surface area (Å²) in [6.45, 7) is 1.76. The van der Waals surface area contributed by atoms with Gasteiger partial charge in [0.25, 0.3) is 5.91 Å². The number of amides is 1. The number of nitrogens with one attached hydrogen (secondary N) is 1. The minimum Gasteiger partial charge on any atom is -0.497 e. The maximum Gasteiger partial charge on any atom is 0.342 e. The molecule has 1 N–H and O–H groups in total. The maximum atomic E-state index is 12.3. The molecule has 0 aliphatic rings. The van der Waals surface area contributed by atoms with E-state index in [1.807, 2.05) is 24.3 Å². The van der Waals surface area contributed by atoms with Gasteiger partial charge in [-0.15, -0.1) is 0 Å². The van der Waals surface area contributed by atoms with Crippen molar-refractivity contribution in [2.75, 3.05) is 26.1 Å². The SMILES string of the molecule is CCCCc1ccc(NC(=O)COC(=O)c2cc(OC)ccc2OC)cc1. The van der Waals surface area contributed by atoms with Gasteiger partial charge in [0.15, 0.2) is 6.61 Å². The first-order chi connectivity index (χ1) is 13.1. The number of esters is 1. The summed E-state index contributed by atoms with van der Waals surface area (Å²) in [4.78, 5) is 24.3. The average Bonchev–Trinajstić information content (AvgIpc) is 2.71. The van der Waals surface area contributed by atoms with E-state index in [0.29, 0.717) is 17.2 Å². The molecule has 0 saturated heterocycles. The lowest BCUT2D eigenvalue weighted by atomic mass is 10.1. The third kappa shape index (κ3) is 6.02. The second kappa shape index (κ2) is 10.2. The quantitative estimate of drug-likeness (QED) is 0.678. The Bertz CT molecular complexity index is 771. The molecule has 6 heteroatoms. The van der Waals surface area contributed by atoms with Crippen molar-refractivity contribution in [3.05, 3.63) is 53.6 Å². The molecule has 144 valence electrons. The van der Waals surface area contributed by atoms with Crippen LogP contribution in [-0.4, -0.2) is 32.7 Å². The van der Waals surface area contributed by atoms with Gasteiger partial charge in [-0.1, -0.05) is 25.5 Å². The van der Waals surface area contributed by atoms with E-state index in [2.05, 4.69) is 12.2 Å². The van der Waals surface area contributed by atoms with E-state index in [-0.39, 0.29) is 5.56 Å². The number of anilines is 1. The highest BCUT2D eigenvalue weighted by Gasteiger charge is 2.16. The summed E-state index contributed by atoms with van der Waals surface area (Å²) in [6, 6.07) is 12.4. The monoisotopic (exact) mass is 371 g/mol. The van der Waals surface area contributed by atoms with E-state index in [1.165, 1.54) is 25.8 Å². The van der Waals surface area contributed by atoms with E-state index in [0.717, 1.165) is 19.3 Å². The number of rotatable bonds is 9. The Balaban J connectivity index is 1.90. The Hall–Kier alpha value is -3.02. The number of unbranched alkanes of at least 4 members (excludes halogenated alkanes) is 1. The van der Waals surface area contributed by atoms with Crippen LogP contribution >= 0.6 is 0 Å². The molecule has 0 aromatic heterocycles. The van der Waals surface area contributed by atoms with Crippen molar-refractivity contribution in [2.24, 2.45) is 0 Å². The molecule has 0 aliphatic heterocycles. The van der Waals surface area contributed by atoms with Gasteiger partial charge in [-0.2, -0.15) is 0 Å². The number of hydrogen-bond acceptors (Lipinski definition) is 5. The van der Waals surface area contributed by atoms with Crippen LogP contribution in [0.25, 0.3) is 0 Å². The summed E-state index contributed by atoms with van der Waals surface area (Å²) in [6.07, 6.45) is 3.29. The van der Waals surface area contributed by atoms with Crippen molar-refractivity contribution >= 4 is 17.6 Å². The molecular weight excluding hydrogens is 346 g/mol. The highest BCUT2D eigenvalue weighted by Crippen LogP contribution is 2.24. The topological polar surface area (TPSA) is 73.9 Å². The molecule has 0 aliphatic carbocycles. The van der Waals surface area contributed by atoms with Crippen molar-refractivity contribution in [1.29, 1.82) is 0 Å². The van der Waals surface area contributed by atoms with Gasteiger partial charge >= 0.3 is 5.97 Å². The van der Waals surface area contributed by atoms with E-state index in [1.54, 1.807) is 12.1 Å². The molecule has 2 rings (SSSR count). The highest BCUT2D eigenvalue weighted by atomic mass is 16.5. The van der Waals surface area contributed by atoms with Gasteiger partial charge in [-0.25, -0.2) is 4.79 Å². The standard InChI is InChI=1S/C21H25NO5/c1-4-5-6-15-7-9-16(10-8-15)22-20(23)14-27-21(24)18-13-17(25-2)11-12-19(18)26-3/h7-13H,4-6,14H2,1-3H3,(H,22,23). The normalized spacial score (nSPS) is 10.2. The first-order valence-electron chi connectivity index (χ1n) is 8.85. The zero-order valence-electron chi connectivity index (χ0n) is 15.9. The third-order valence-electron chi connectivity index (χ3n) is 4.02. The van der Waals surface area contributed by atoms with Crippen LogP contribution in [0.15, 0.2) is 42.5 Å². The van der Waals surface area contributed by atoms with E-state index in [4.69, 9.17) is 14.2 Å². The summed E-state index contributed by atoms with van der Waals surface area (Å²) < 4.78 is 15.3. The molecule has 0 fully saturated rings. The van der Waals surface area contributed by atoms with Crippen molar-refractivity contribution in [3.63, 3.8) is 0 Å². The third-order valence-corrected chi connectivity index (χ3v) is 4.02. The average molecular weight is 371 g/mol. The second-order valence-electron chi connectivity index (χ2n) is 5.99. The van der Waals surface area contributed by atoms with Gasteiger partial charge in [0.2, 0.25) is 0 Å². The summed E-state index contributed by atoms with van der Waals surface area (Å²) in [7, 11) is 2.95. The molecule has 2 aromatic rings. The molecule has 0 atom stereocenters. The molecule has 2 aromatic carbocycles. The van der Waals surface area contributed by atoms with Crippen LogP contribution in [0.4, 0.5) is 5.69 Å². The van der Waals surface area contributed by atoms with Crippen LogP contribution < -0.4 is 14.8 Å². The smallest absolute Gasteiger partial charge is 0.342 e. The largest absolute Gasteiger partial charge is 0.497 e. The van der Waals surface area contributed by atoms with Crippen molar-refractivity contribution < 1.29 is 23.8 Å². The zero-order valence-corrected chi connectivity index (χ0v) is 15.9. The maximum absolute atomic E-state index is 12.3. The predicted molar refractivity (Wildman–Crippen MR) is 104 cm³/mol. The van der Waals surface area contributed by atoms with Gasteiger partial charge in [0.1, 0.15) is 17.1 Å². The summed E-state index contributed by atoms with van der Waals surface area (Å²) in [5.41, 5.74) is 2.09. The highest BCUT2D eigenvalue weighted by molar-refractivity contribution is 5.97. The van der Waals surface area contributed by atoms with Crippen molar-refractivity contribution in [2.45, 2.75) is 26.2 Å². The molecule has 0 unspecified atom stereocenters. The summed E-state index contributed by atoms with van der Waals surface area (Å²) in [5.74, 6) is -0.221. The van der Waals surface area contributed by atoms with Gasteiger partial charge in [0.05, 0.1) is 14.2 Å². The van der Waals surface area contributed by atoms with Gasteiger partial charge in [0, 0.05) is 5.69 Å². The lowest BCUT2D eigenvalue weighted by molar-refractivity contribution is -0.119. The van der Waals surface area contributed by atoms with E-state index in [9.17, 15) is 9.59 Å². The van der Waals surface area contributed by atoms with Gasteiger partial charge < -0.3 is 19.5 Å². The molecule has 1 amide bonds. The fourth-order valence-electron chi connectivity index (χ4n) is 2.52. The Labute approximate surface area is 159 Å². The van der Waals surface area contributed by atoms with Crippen LogP contribution in [0.2, 0.25) is 0 Å². The fourth-order valence-corrected chi connectivity index (χ4v) is 2.52. The lowest BCUT2D eigenvalue weighted by Crippen LogP contribution is -2.21. The molecule has 6 nitrogen and oxygen atoms in total. The molecule has 0 saturated carbocycles. The first-order valence-corrected chi connectivity index (χ1v) is 8.85. The van der Waals surface area contributed by atoms with Crippen molar-refractivity contribution in [1.82, 2.24) is 0 Å². The summed E-state index contributed by atoms with van der Waals surface area (Å²) >= 11 is 0. The first kappa shape index (κ1) is 20.3. The van der Waals surface area contributed by atoms with Crippen LogP contribution in [0, 0.1) is 0 Å². The minimum absolute atomic E-state index is 0.199. The van der Waals surface area contributed by atoms with E-state index >= 15 is 0 Å². The fraction of sp³-hybridized carbons (Fsp3) is 0.333. The van der Waals surface area contributed by atoms with Gasteiger partial charge in [-0.05, 0) is 48.7 Å². The second-order valence-corrected chi connectivity index (χ2v) is 5.99. The number of hydrogen-bond donors (Lipinski definition) is 1. The Kier molecular flexibility index (Phi) is 7.67. The predicted octanol–water partition coefficient (Wildman–Crippen LogP) is 3.84.